The quantitative estimate of drug-likeness (QED) is 0.399. The van der Waals surface area contributed by atoms with Crippen LogP contribution in [0.2, 0.25) is 0 Å². The first-order chi connectivity index (χ1) is 7.08. The van der Waals surface area contributed by atoms with Gasteiger partial charge in [-0.1, -0.05) is 0 Å². The Kier molecular flexibility index (Phi) is 2.11. The van der Waals surface area contributed by atoms with Crippen LogP contribution in [0.5, 0.6) is 0 Å². The second kappa shape index (κ2) is 3.31. The second-order valence-electron chi connectivity index (χ2n) is 3.47. The van der Waals surface area contributed by atoms with Crippen LogP contribution in [0.4, 0.5) is 0 Å². The molecular weight excluding hydrogens is 192 g/mol. The summed E-state index contributed by atoms with van der Waals surface area (Å²) in [5.41, 5.74) is 2.24. The summed E-state index contributed by atoms with van der Waals surface area (Å²) in [5, 5.41) is 11.5. The van der Waals surface area contributed by atoms with Gasteiger partial charge in [-0.3, -0.25) is 4.79 Å². The number of hydrogen-bond acceptors (Lipinski definition) is 3. The van der Waals surface area contributed by atoms with E-state index in [0.29, 0.717) is 22.3 Å². The zero-order chi connectivity index (χ0) is 11.0. The summed E-state index contributed by atoms with van der Waals surface area (Å²) in [6, 6.07) is 4.89. The van der Waals surface area contributed by atoms with Crippen molar-refractivity contribution in [2.45, 2.75) is 13.8 Å². The van der Waals surface area contributed by atoms with Gasteiger partial charge in [0.25, 0.3) is 0 Å². The molecule has 0 radical (unpaired) electrons. The summed E-state index contributed by atoms with van der Waals surface area (Å²) in [6.45, 7) is 3.23. The van der Waals surface area contributed by atoms with Crippen LogP contribution in [0.25, 0.3) is 11.0 Å². The molecule has 0 N–H and O–H groups in total. The van der Waals surface area contributed by atoms with Crippen LogP contribution in [-0.2, 0) is 0 Å². The van der Waals surface area contributed by atoms with Gasteiger partial charge in [0.1, 0.15) is 11.2 Å². The standard InChI is InChI=1S/C11H10N2O2/c1-7-6-13(15)11-4-3-9(8(2)14)5-10(11)12-7/h3-6H,1-2H3. The van der Waals surface area contributed by atoms with Gasteiger partial charge in [-0.25, -0.2) is 4.98 Å². The Bertz CT molecular complexity index is 550. The van der Waals surface area contributed by atoms with Crippen molar-refractivity contribution < 1.29 is 9.52 Å². The molecule has 1 heterocycles. The number of aromatic nitrogens is 2. The summed E-state index contributed by atoms with van der Waals surface area (Å²) in [7, 11) is 0. The van der Waals surface area contributed by atoms with Crippen molar-refractivity contribution in [1.29, 1.82) is 0 Å². The second-order valence-corrected chi connectivity index (χ2v) is 3.47. The van der Waals surface area contributed by atoms with E-state index in [1.165, 1.54) is 13.1 Å². The topological polar surface area (TPSA) is 56.9 Å². The molecule has 0 saturated heterocycles. The van der Waals surface area contributed by atoms with E-state index in [1.807, 2.05) is 0 Å². The highest BCUT2D eigenvalue weighted by atomic mass is 16.5. The fourth-order valence-electron chi connectivity index (χ4n) is 1.48. The number of Topliss-reactive ketones (excluding diaryl/α,β-unsaturated/α-hetero) is 1. The number of fused-ring (bicyclic) bond motifs is 1. The first kappa shape index (κ1) is 9.58. The van der Waals surface area contributed by atoms with Crippen molar-refractivity contribution in [3.05, 3.63) is 40.9 Å². The summed E-state index contributed by atoms with van der Waals surface area (Å²) in [4.78, 5) is 15.4. The summed E-state index contributed by atoms with van der Waals surface area (Å²) < 4.78 is 0.765. The van der Waals surface area contributed by atoms with E-state index in [1.54, 1.807) is 25.1 Å². The average molecular weight is 202 g/mol. The van der Waals surface area contributed by atoms with E-state index < -0.39 is 0 Å². The summed E-state index contributed by atoms with van der Waals surface area (Å²) in [6.07, 6.45) is 1.41. The van der Waals surface area contributed by atoms with Crippen molar-refractivity contribution >= 4 is 16.8 Å². The highest BCUT2D eigenvalue weighted by Gasteiger charge is 2.08. The van der Waals surface area contributed by atoms with E-state index in [0.717, 1.165) is 4.73 Å². The van der Waals surface area contributed by atoms with Gasteiger partial charge in [-0.15, -0.1) is 0 Å². The monoisotopic (exact) mass is 202 g/mol. The minimum absolute atomic E-state index is 0.0299. The van der Waals surface area contributed by atoms with Crippen LogP contribution in [-0.4, -0.2) is 10.8 Å². The van der Waals surface area contributed by atoms with Crippen molar-refractivity contribution in [2.75, 3.05) is 0 Å². The number of aryl methyl sites for hydroxylation is 1. The van der Waals surface area contributed by atoms with Gasteiger partial charge in [-0.2, -0.15) is 4.73 Å². The molecule has 0 atom stereocenters. The maximum Gasteiger partial charge on any atom is 0.242 e. The third-order valence-corrected chi connectivity index (χ3v) is 2.22. The Morgan fingerprint density at radius 3 is 2.87 bits per heavy atom. The average Bonchev–Trinajstić information content (AvgIpc) is 2.16. The number of nitrogens with zero attached hydrogens (tertiary/aromatic N) is 2. The molecule has 0 fully saturated rings. The van der Waals surface area contributed by atoms with Crippen molar-refractivity contribution in [1.82, 2.24) is 4.98 Å². The lowest BCUT2D eigenvalue weighted by atomic mass is 10.1. The molecule has 2 rings (SSSR count). The molecule has 0 aliphatic heterocycles. The fourth-order valence-corrected chi connectivity index (χ4v) is 1.48. The highest BCUT2D eigenvalue weighted by molar-refractivity contribution is 5.96. The van der Waals surface area contributed by atoms with Gasteiger partial charge in [0.05, 0.1) is 0 Å². The number of ketones is 1. The van der Waals surface area contributed by atoms with Crippen LogP contribution < -0.4 is 4.73 Å². The lowest BCUT2D eigenvalue weighted by Gasteiger charge is -2.03. The van der Waals surface area contributed by atoms with Gasteiger partial charge in [-0.05, 0) is 26.0 Å². The minimum Gasteiger partial charge on any atom is -0.618 e. The smallest absolute Gasteiger partial charge is 0.242 e. The molecular formula is C11H10N2O2. The molecule has 1 aromatic heterocycles. The molecule has 0 unspecified atom stereocenters. The van der Waals surface area contributed by atoms with Crippen molar-refractivity contribution in [3.63, 3.8) is 0 Å². The molecule has 0 aliphatic carbocycles. The lowest BCUT2D eigenvalue weighted by Crippen LogP contribution is -2.27. The van der Waals surface area contributed by atoms with E-state index >= 15 is 0 Å². The van der Waals surface area contributed by atoms with Crippen molar-refractivity contribution in [3.8, 4) is 0 Å². The normalized spacial score (nSPS) is 10.5. The number of benzene rings is 1. The molecule has 0 bridgehead atoms. The first-order valence-electron chi connectivity index (χ1n) is 4.59. The van der Waals surface area contributed by atoms with Crippen LogP contribution in [0, 0.1) is 12.1 Å². The van der Waals surface area contributed by atoms with Gasteiger partial charge in [0, 0.05) is 11.6 Å². The highest BCUT2D eigenvalue weighted by Crippen LogP contribution is 2.11. The van der Waals surface area contributed by atoms with Gasteiger partial charge in [0.15, 0.2) is 5.78 Å². The molecule has 4 heteroatoms. The minimum atomic E-state index is -0.0299. The van der Waals surface area contributed by atoms with E-state index in [4.69, 9.17) is 0 Å². The van der Waals surface area contributed by atoms with Crippen LogP contribution >= 0.6 is 0 Å². The van der Waals surface area contributed by atoms with Gasteiger partial charge >= 0.3 is 0 Å². The molecule has 0 saturated carbocycles. The van der Waals surface area contributed by atoms with Gasteiger partial charge in [0.2, 0.25) is 11.7 Å². The maximum absolute atomic E-state index is 11.5. The van der Waals surface area contributed by atoms with Crippen LogP contribution in [0.1, 0.15) is 23.0 Å². The Balaban J connectivity index is 2.76. The first-order valence-corrected chi connectivity index (χ1v) is 4.59. The van der Waals surface area contributed by atoms with E-state index in [2.05, 4.69) is 4.98 Å². The molecule has 15 heavy (non-hydrogen) atoms. The SMILES string of the molecule is CC(=O)c1ccc2c(c1)nc(C)c[n+]2[O-]. The maximum atomic E-state index is 11.5. The number of hydrogen-bond donors (Lipinski definition) is 0. The zero-order valence-electron chi connectivity index (χ0n) is 8.52. The molecule has 2 aromatic rings. The number of rotatable bonds is 1. The summed E-state index contributed by atoms with van der Waals surface area (Å²) in [5.74, 6) is -0.0299. The third kappa shape index (κ3) is 1.66. The fraction of sp³-hybridized carbons (Fsp3) is 0.182. The Morgan fingerprint density at radius 1 is 1.47 bits per heavy atom. The Labute approximate surface area is 86.8 Å². The lowest BCUT2D eigenvalue weighted by molar-refractivity contribution is -0.577. The molecule has 4 nitrogen and oxygen atoms in total. The van der Waals surface area contributed by atoms with Crippen LogP contribution in [0.3, 0.4) is 0 Å². The molecule has 0 amide bonds. The van der Waals surface area contributed by atoms with E-state index in [-0.39, 0.29) is 5.78 Å². The molecule has 1 aromatic carbocycles. The largest absolute Gasteiger partial charge is 0.618 e. The van der Waals surface area contributed by atoms with E-state index in [9.17, 15) is 10.0 Å². The predicted molar refractivity (Wildman–Crippen MR) is 55.4 cm³/mol. The van der Waals surface area contributed by atoms with Crippen LogP contribution in [0.15, 0.2) is 24.4 Å². The predicted octanol–water partition coefficient (Wildman–Crippen LogP) is 1.38. The Hall–Kier alpha value is -1.97. The Morgan fingerprint density at radius 2 is 2.20 bits per heavy atom. The molecule has 76 valence electrons. The summed E-state index contributed by atoms with van der Waals surface area (Å²) >= 11 is 0. The van der Waals surface area contributed by atoms with Crippen molar-refractivity contribution in [2.24, 2.45) is 0 Å². The molecule has 0 aliphatic rings. The third-order valence-electron chi connectivity index (χ3n) is 2.22. The van der Waals surface area contributed by atoms with Gasteiger partial charge < -0.3 is 5.21 Å². The number of carbonyl (C=O) groups excluding carboxylic acids is 1. The molecule has 0 spiro atoms. The number of carbonyl (C=O) groups is 1. The zero-order valence-corrected chi connectivity index (χ0v) is 8.52.